The summed E-state index contributed by atoms with van der Waals surface area (Å²) < 4.78 is 10.7. The Morgan fingerprint density at radius 2 is 1.78 bits per heavy atom. The quantitative estimate of drug-likeness (QED) is 0.757. The maximum atomic E-state index is 12.5. The van der Waals surface area contributed by atoms with Gasteiger partial charge in [-0.2, -0.15) is 0 Å². The molecule has 0 aliphatic carbocycles. The van der Waals surface area contributed by atoms with E-state index in [0.29, 0.717) is 18.0 Å². The molecular formula is C18H20ClNO3. The van der Waals surface area contributed by atoms with Gasteiger partial charge >= 0.3 is 0 Å². The number of carbonyl (C=O) groups excluding carboxylic acids is 1. The summed E-state index contributed by atoms with van der Waals surface area (Å²) in [5, 5.41) is -0.710. The van der Waals surface area contributed by atoms with Crippen molar-refractivity contribution in [2.45, 2.75) is 11.9 Å². The number of hydrogen-bond acceptors (Lipinski definition) is 3. The van der Waals surface area contributed by atoms with Gasteiger partial charge in [0.05, 0.1) is 14.2 Å². The van der Waals surface area contributed by atoms with Crippen molar-refractivity contribution in [3.8, 4) is 11.5 Å². The van der Waals surface area contributed by atoms with E-state index in [9.17, 15) is 4.79 Å². The summed E-state index contributed by atoms with van der Waals surface area (Å²) >= 11 is 6.30. The van der Waals surface area contributed by atoms with Crippen molar-refractivity contribution in [2.24, 2.45) is 0 Å². The Balaban J connectivity index is 2.16. The number of likely N-dealkylation sites (N-methyl/N-ethyl adjacent to an activating group) is 1. The minimum atomic E-state index is -0.710. The van der Waals surface area contributed by atoms with Gasteiger partial charge in [-0.05, 0) is 11.6 Å². The van der Waals surface area contributed by atoms with Crippen LogP contribution in [0, 0.1) is 0 Å². The summed E-state index contributed by atoms with van der Waals surface area (Å²) in [7, 11) is 4.89. The molecule has 0 fully saturated rings. The van der Waals surface area contributed by atoms with Gasteiger partial charge in [-0.3, -0.25) is 4.79 Å². The van der Waals surface area contributed by atoms with Gasteiger partial charge in [0, 0.05) is 19.2 Å². The molecule has 1 amide bonds. The van der Waals surface area contributed by atoms with E-state index in [0.717, 1.165) is 11.1 Å². The normalized spacial score (nSPS) is 11.7. The average molecular weight is 334 g/mol. The number of para-hydroxylation sites is 1. The van der Waals surface area contributed by atoms with Crippen molar-refractivity contribution < 1.29 is 14.3 Å². The molecule has 4 nitrogen and oxygen atoms in total. The third kappa shape index (κ3) is 3.96. The molecule has 23 heavy (non-hydrogen) atoms. The second-order valence-corrected chi connectivity index (χ2v) is 5.56. The van der Waals surface area contributed by atoms with Gasteiger partial charge < -0.3 is 14.4 Å². The third-order valence-electron chi connectivity index (χ3n) is 3.58. The Bertz CT molecular complexity index is 661. The highest BCUT2D eigenvalue weighted by molar-refractivity contribution is 6.30. The molecule has 1 atom stereocenters. The number of benzene rings is 2. The standard InChI is InChI=1S/C18H20ClNO3/c1-20(18(21)16(19)13-8-5-4-6-9-13)12-14-10-7-11-15(22-2)17(14)23-3/h4-11,16H,12H2,1-3H3. The molecule has 122 valence electrons. The van der Waals surface area contributed by atoms with Gasteiger partial charge in [-0.25, -0.2) is 0 Å². The SMILES string of the molecule is COc1cccc(CN(C)C(=O)C(Cl)c2ccccc2)c1OC. The number of hydrogen-bond donors (Lipinski definition) is 0. The highest BCUT2D eigenvalue weighted by Gasteiger charge is 2.22. The van der Waals surface area contributed by atoms with Gasteiger partial charge in [0.2, 0.25) is 5.91 Å². The van der Waals surface area contributed by atoms with Gasteiger partial charge in [-0.1, -0.05) is 42.5 Å². The number of halogens is 1. The van der Waals surface area contributed by atoms with Crippen molar-refractivity contribution in [3.05, 3.63) is 59.7 Å². The summed E-state index contributed by atoms with van der Waals surface area (Å²) in [4.78, 5) is 14.1. The minimum Gasteiger partial charge on any atom is -0.493 e. The highest BCUT2D eigenvalue weighted by atomic mass is 35.5. The molecular weight excluding hydrogens is 314 g/mol. The fraction of sp³-hybridized carbons (Fsp3) is 0.278. The Hall–Kier alpha value is -2.20. The third-order valence-corrected chi connectivity index (χ3v) is 4.02. The molecule has 0 bridgehead atoms. The highest BCUT2D eigenvalue weighted by Crippen LogP contribution is 2.32. The van der Waals surface area contributed by atoms with Crippen LogP contribution in [-0.4, -0.2) is 32.1 Å². The predicted octanol–water partition coefficient (Wildman–Crippen LogP) is 3.64. The molecule has 2 rings (SSSR count). The predicted molar refractivity (Wildman–Crippen MR) is 91.1 cm³/mol. The molecule has 0 radical (unpaired) electrons. The maximum absolute atomic E-state index is 12.5. The number of methoxy groups -OCH3 is 2. The van der Waals surface area contributed by atoms with Crippen LogP contribution in [0.2, 0.25) is 0 Å². The fourth-order valence-corrected chi connectivity index (χ4v) is 2.68. The van der Waals surface area contributed by atoms with Crippen molar-refractivity contribution in [1.82, 2.24) is 4.90 Å². The van der Waals surface area contributed by atoms with E-state index in [2.05, 4.69) is 0 Å². The van der Waals surface area contributed by atoms with Crippen LogP contribution in [0.3, 0.4) is 0 Å². The lowest BCUT2D eigenvalue weighted by atomic mass is 10.1. The average Bonchev–Trinajstić information content (AvgIpc) is 2.60. The molecule has 2 aromatic carbocycles. The van der Waals surface area contributed by atoms with Crippen molar-refractivity contribution in [2.75, 3.05) is 21.3 Å². The first kappa shape index (κ1) is 17.2. The number of alkyl halides is 1. The molecule has 1 unspecified atom stereocenters. The van der Waals surface area contributed by atoms with Crippen LogP contribution in [0.5, 0.6) is 11.5 Å². The zero-order valence-corrected chi connectivity index (χ0v) is 14.2. The van der Waals surface area contributed by atoms with Gasteiger partial charge in [0.15, 0.2) is 11.5 Å². The van der Waals surface area contributed by atoms with Crippen molar-refractivity contribution in [1.29, 1.82) is 0 Å². The number of amides is 1. The van der Waals surface area contributed by atoms with E-state index in [-0.39, 0.29) is 5.91 Å². The molecule has 0 saturated heterocycles. The largest absolute Gasteiger partial charge is 0.493 e. The van der Waals surface area contributed by atoms with Crippen LogP contribution in [0.4, 0.5) is 0 Å². The van der Waals surface area contributed by atoms with Crippen LogP contribution in [0.15, 0.2) is 48.5 Å². The zero-order valence-electron chi connectivity index (χ0n) is 13.5. The van der Waals surface area contributed by atoms with E-state index in [1.165, 1.54) is 0 Å². The first-order valence-corrected chi connectivity index (χ1v) is 7.66. The van der Waals surface area contributed by atoms with E-state index in [1.807, 2.05) is 48.5 Å². The first-order chi connectivity index (χ1) is 11.1. The molecule has 0 aromatic heterocycles. The lowest BCUT2D eigenvalue weighted by molar-refractivity contribution is -0.130. The Morgan fingerprint density at radius 1 is 1.09 bits per heavy atom. The van der Waals surface area contributed by atoms with Gasteiger partial charge in [0.25, 0.3) is 0 Å². The van der Waals surface area contributed by atoms with Crippen LogP contribution in [0.1, 0.15) is 16.5 Å². The first-order valence-electron chi connectivity index (χ1n) is 7.22. The lowest BCUT2D eigenvalue weighted by Crippen LogP contribution is -2.29. The van der Waals surface area contributed by atoms with E-state index in [4.69, 9.17) is 21.1 Å². The van der Waals surface area contributed by atoms with Crippen molar-refractivity contribution >= 4 is 17.5 Å². The summed E-state index contributed by atoms with van der Waals surface area (Å²) in [6.45, 7) is 0.384. The van der Waals surface area contributed by atoms with E-state index >= 15 is 0 Å². The number of ether oxygens (including phenoxy) is 2. The van der Waals surface area contributed by atoms with Crippen LogP contribution in [-0.2, 0) is 11.3 Å². The van der Waals surface area contributed by atoms with Crippen molar-refractivity contribution in [3.63, 3.8) is 0 Å². The fourth-order valence-electron chi connectivity index (χ4n) is 2.37. The van der Waals surface area contributed by atoms with Crippen LogP contribution >= 0.6 is 11.6 Å². The van der Waals surface area contributed by atoms with Crippen LogP contribution < -0.4 is 9.47 Å². The molecule has 0 N–H and O–H groups in total. The maximum Gasteiger partial charge on any atom is 0.245 e. The number of carbonyl (C=O) groups is 1. The number of rotatable bonds is 6. The monoisotopic (exact) mass is 333 g/mol. The second-order valence-electron chi connectivity index (χ2n) is 5.12. The number of nitrogens with zero attached hydrogens (tertiary/aromatic N) is 1. The molecule has 0 aliphatic rings. The molecule has 0 spiro atoms. The molecule has 5 heteroatoms. The van der Waals surface area contributed by atoms with Gasteiger partial charge in [0.1, 0.15) is 5.38 Å². The summed E-state index contributed by atoms with van der Waals surface area (Å²) in [5.41, 5.74) is 1.64. The molecule has 0 heterocycles. The van der Waals surface area contributed by atoms with Gasteiger partial charge in [-0.15, -0.1) is 11.6 Å². The Morgan fingerprint density at radius 3 is 2.39 bits per heavy atom. The molecule has 0 aliphatic heterocycles. The zero-order chi connectivity index (χ0) is 16.8. The summed E-state index contributed by atoms with van der Waals surface area (Å²) in [5.74, 6) is 1.10. The molecule has 2 aromatic rings. The van der Waals surface area contributed by atoms with Crippen LogP contribution in [0.25, 0.3) is 0 Å². The summed E-state index contributed by atoms with van der Waals surface area (Å²) in [6.07, 6.45) is 0. The van der Waals surface area contributed by atoms with E-state index in [1.54, 1.807) is 26.2 Å². The lowest BCUT2D eigenvalue weighted by Gasteiger charge is -2.22. The smallest absolute Gasteiger partial charge is 0.245 e. The Kier molecular flexibility index (Phi) is 5.88. The molecule has 0 saturated carbocycles. The second kappa shape index (κ2) is 7.88. The topological polar surface area (TPSA) is 38.8 Å². The summed E-state index contributed by atoms with van der Waals surface area (Å²) in [6, 6.07) is 14.9. The van der Waals surface area contributed by atoms with E-state index < -0.39 is 5.38 Å². The minimum absolute atomic E-state index is 0.164. The Labute approximate surface area is 141 Å².